The summed E-state index contributed by atoms with van der Waals surface area (Å²) in [5.74, 6) is -0.110. The van der Waals surface area contributed by atoms with Crippen LogP contribution in [0.4, 0.5) is 0 Å². The van der Waals surface area contributed by atoms with E-state index in [4.69, 9.17) is 0 Å². The second kappa shape index (κ2) is 6.01. The summed E-state index contributed by atoms with van der Waals surface area (Å²) in [6.45, 7) is 1.92. The van der Waals surface area contributed by atoms with Crippen molar-refractivity contribution in [2.75, 3.05) is 20.1 Å². The van der Waals surface area contributed by atoms with Gasteiger partial charge in [0.25, 0.3) is 5.91 Å². The third-order valence-electron chi connectivity index (χ3n) is 3.67. The van der Waals surface area contributed by atoms with Gasteiger partial charge in [0, 0.05) is 30.5 Å². The Morgan fingerprint density at radius 1 is 1.33 bits per heavy atom. The summed E-state index contributed by atoms with van der Waals surface area (Å²) in [6.07, 6.45) is 4.46. The van der Waals surface area contributed by atoms with E-state index in [1.807, 2.05) is 24.3 Å². The van der Waals surface area contributed by atoms with Crippen molar-refractivity contribution in [3.63, 3.8) is 0 Å². The molecular formula is C16H18N4O. The van der Waals surface area contributed by atoms with Gasteiger partial charge in [-0.05, 0) is 44.3 Å². The lowest BCUT2D eigenvalue weighted by atomic mass is 10.1. The molecule has 1 saturated heterocycles. The first-order valence-corrected chi connectivity index (χ1v) is 7.09. The molecule has 0 unspecified atom stereocenters. The first-order valence-electron chi connectivity index (χ1n) is 7.09. The van der Waals surface area contributed by atoms with Crippen LogP contribution in [0.25, 0.3) is 11.3 Å². The van der Waals surface area contributed by atoms with Gasteiger partial charge in [-0.15, -0.1) is 0 Å². The van der Waals surface area contributed by atoms with Crippen LogP contribution in [-0.4, -0.2) is 47.0 Å². The Morgan fingerprint density at radius 3 is 2.95 bits per heavy atom. The molecule has 0 aromatic carbocycles. The largest absolute Gasteiger partial charge is 0.347 e. The predicted molar refractivity (Wildman–Crippen MR) is 80.8 cm³/mol. The average Bonchev–Trinajstić information content (AvgIpc) is 2.93. The van der Waals surface area contributed by atoms with Crippen LogP contribution in [0, 0.1) is 0 Å². The normalized spacial score (nSPS) is 18.6. The van der Waals surface area contributed by atoms with Gasteiger partial charge in [0.2, 0.25) is 0 Å². The molecule has 1 N–H and O–H groups in total. The van der Waals surface area contributed by atoms with Crippen LogP contribution < -0.4 is 5.32 Å². The number of nitrogens with zero attached hydrogens (tertiary/aromatic N) is 3. The first kappa shape index (κ1) is 13.7. The minimum Gasteiger partial charge on any atom is -0.347 e. The molecule has 1 aliphatic rings. The number of hydrogen-bond donors (Lipinski definition) is 1. The third kappa shape index (κ3) is 3.25. The second-order valence-corrected chi connectivity index (χ2v) is 5.37. The van der Waals surface area contributed by atoms with Crippen LogP contribution in [0.2, 0.25) is 0 Å². The number of hydrogen-bond acceptors (Lipinski definition) is 4. The second-order valence-electron chi connectivity index (χ2n) is 5.37. The zero-order chi connectivity index (χ0) is 14.7. The highest BCUT2D eigenvalue weighted by Crippen LogP contribution is 2.15. The molecule has 1 fully saturated rings. The molecule has 3 heterocycles. The minimum absolute atomic E-state index is 0.110. The molecule has 0 aliphatic carbocycles. The highest BCUT2D eigenvalue weighted by atomic mass is 16.1. The monoisotopic (exact) mass is 282 g/mol. The predicted octanol–water partition coefficient (Wildman–Crippen LogP) is 1.58. The van der Waals surface area contributed by atoms with E-state index in [1.54, 1.807) is 18.5 Å². The fourth-order valence-electron chi connectivity index (χ4n) is 2.55. The van der Waals surface area contributed by atoms with Gasteiger partial charge >= 0.3 is 0 Å². The Labute approximate surface area is 124 Å². The van der Waals surface area contributed by atoms with Gasteiger partial charge in [0.15, 0.2) is 0 Å². The van der Waals surface area contributed by atoms with E-state index in [-0.39, 0.29) is 11.9 Å². The molecule has 1 amide bonds. The average molecular weight is 282 g/mol. The smallest absolute Gasteiger partial charge is 0.270 e. The fraction of sp³-hybridized carbons (Fsp3) is 0.312. The lowest BCUT2D eigenvalue weighted by Crippen LogP contribution is -2.36. The van der Waals surface area contributed by atoms with Gasteiger partial charge in [-0.2, -0.15) is 0 Å². The molecule has 5 nitrogen and oxygen atoms in total. The molecule has 5 heteroatoms. The van der Waals surface area contributed by atoms with Gasteiger partial charge in [-0.3, -0.25) is 9.78 Å². The number of rotatable bonds is 3. The van der Waals surface area contributed by atoms with Crippen molar-refractivity contribution >= 4 is 5.91 Å². The quantitative estimate of drug-likeness (QED) is 0.928. The molecule has 21 heavy (non-hydrogen) atoms. The molecular weight excluding hydrogens is 264 g/mol. The summed E-state index contributed by atoms with van der Waals surface area (Å²) < 4.78 is 0. The molecule has 0 saturated carbocycles. The fourth-order valence-corrected chi connectivity index (χ4v) is 2.55. The third-order valence-corrected chi connectivity index (χ3v) is 3.67. The Morgan fingerprint density at radius 2 is 2.24 bits per heavy atom. The Hall–Kier alpha value is -2.27. The molecule has 0 spiro atoms. The lowest BCUT2D eigenvalue weighted by molar-refractivity contribution is 0.0933. The number of carbonyl (C=O) groups excluding carboxylic acids is 1. The highest BCUT2D eigenvalue weighted by molar-refractivity contribution is 5.93. The van der Waals surface area contributed by atoms with Crippen molar-refractivity contribution in [1.82, 2.24) is 20.2 Å². The molecule has 2 aromatic rings. The molecule has 1 atom stereocenters. The maximum absolute atomic E-state index is 12.3. The van der Waals surface area contributed by atoms with E-state index < -0.39 is 0 Å². The van der Waals surface area contributed by atoms with Crippen molar-refractivity contribution in [3.8, 4) is 11.3 Å². The molecule has 108 valence electrons. The zero-order valence-corrected chi connectivity index (χ0v) is 12.0. The van der Waals surface area contributed by atoms with Crippen LogP contribution >= 0.6 is 0 Å². The number of amides is 1. The van der Waals surface area contributed by atoms with Crippen molar-refractivity contribution in [3.05, 3.63) is 48.4 Å². The molecule has 3 rings (SSSR count). The summed E-state index contributed by atoms with van der Waals surface area (Å²) in [4.78, 5) is 23.0. The van der Waals surface area contributed by atoms with E-state index in [2.05, 4.69) is 27.2 Å². The summed E-state index contributed by atoms with van der Waals surface area (Å²) in [7, 11) is 2.06. The maximum atomic E-state index is 12.3. The van der Waals surface area contributed by atoms with E-state index in [0.29, 0.717) is 5.69 Å². The van der Waals surface area contributed by atoms with Crippen LogP contribution in [-0.2, 0) is 0 Å². The van der Waals surface area contributed by atoms with Crippen molar-refractivity contribution in [2.45, 2.75) is 12.5 Å². The summed E-state index contributed by atoms with van der Waals surface area (Å²) in [6, 6.07) is 9.49. The first-order chi connectivity index (χ1) is 10.2. The van der Waals surface area contributed by atoms with Crippen molar-refractivity contribution in [2.24, 2.45) is 0 Å². The lowest BCUT2D eigenvalue weighted by Gasteiger charge is -2.12. The van der Waals surface area contributed by atoms with Gasteiger partial charge in [-0.25, -0.2) is 4.98 Å². The number of likely N-dealkylation sites (tertiary alicyclic amines) is 1. The summed E-state index contributed by atoms with van der Waals surface area (Å²) in [5, 5.41) is 3.05. The van der Waals surface area contributed by atoms with Crippen LogP contribution in [0.5, 0.6) is 0 Å². The standard InChI is InChI=1S/C16H18N4O/c1-20-9-7-13(11-20)18-16(21)15-6-2-5-14(19-15)12-4-3-8-17-10-12/h2-6,8,10,13H,7,9,11H2,1H3,(H,18,21)/t13-/m0/s1. The van der Waals surface area contributed by atoms with E-state index >= 15 is 0 Å². The number of pyridine rings is 2. The van der Waals surface area contributed by atoms with Crippen molar-refractivity contribution < 1.29 is 4.79 Å². The van der Waals surface area contributed by atoms with Crippen LogP contribution in [0.1, 0.15) is 16.9 Å². The molecule has 0 radical (unpaired) electrons. The van der Waals surface area contributed by atoms with Crippen LogP contribution in [0.3, 0.4) is 0 Å². The van der Waals surface area contributed by atoms with Crippen molar-refractivity contribution in [1.29, 1.82) is 0 Å². The SMILES string of the molecule is CN1CC[C@H](NC(=O)c2cccc(-c3cccnc3)n2)C1. The van der Waals surface area contributed by atoms with E-state index in [0.717, 1.165) is 30.8 Å². The topological polar surface area (TPSA) is 58.1 Å². The van der Waals surface area contributed by atoms with Gasteiger partial charge in [-0.1, -0.05) is 6.07 Å². The number of carbonyl (C=O) groups is 1. The summed E-state index contributed by atoms with van der Waals surface area (Å²) in [5.41, 5.74) is 2.12. The van der Waals surface area contributed by atoms with Crippen LogP contribution in [0.15, 0.2) is 42.7 Å². The Balaban J connectivity index is 1.75. The Bertz CT molecular complexity index is 629. The molecule has 0 bridgehead atoms. The zero-order valence-electron chi connectivity index (χ0n) is 12.0. The molecule has 2 aromatic heterocycles. The van der Waals surface area contributed by atoms with Gasteiger partial charge in [0.1, 0.15) is 5.69 Å². The van der Waals surface area contributed by atoms with Gasteiger partial charge in [0.05, 0.1) is 5.69 Å². The minimum atomic E-state index is -0.110. The molecule has 1 aliphatic heterocycles. The highest BCUT2D eigenvalue weighted by Gasteiger charge is 2.22. The Kier molecular flexibility index (Phi) is 3.92. The van der Waals surface area contributed by atoms with E-state index in [9.17, 15) is 4.79 Å². The van der Waals surface area contributed by atoms with E-state index in [1.165, 1.54) is 0 Å². The van der Waals surface area contributed by atoms with Gasteiger partial charge < -0.3 is 10.2 Å². The number of likely N-dealkylation sites (N-methyl/N-ethyl adjacent to an activating group) is 1. The maximum Gasteiger partial charge on any atom is 0.270 e. The number of nitrogens with one attached hydrogen (secondary N) is 1. The summed E-state index contributed by atoms with van der Waals surface area (Å²) >= 11 is 0. The number of aromatic nitrogens is 2.